The molecule has 0 aromatic carbocycles. The van der Waals surface area contributed by atoms with E-state index >= 15 is 0 Å². The van der Waals surface area contributed by atoms with E-state index in [-0.39, 0.29) is 23.9 Å². The summed E-state index contributed by atoms with van der Waals surface area (Å²) in [6.07, 6.45) is 10.9. The maximum atomic E-state index is 12.4. The van der Waals surface area contributed by atoms with Crippen LogP contribution in [0, 0.1) is 17.8 Å². The van der Waals surface area contributed by atoms with Crippen LogP contribution in [-0.2, 0) is 14.3 Å². The summed E-state index contributed by atoms with van der Waals surface area (Å²) < 4.78 is 5.67. The molecule has 0 amide bonds. The number of rotatable bonds is 11. The van der Waals surface area contributed by atoms with Gasteiger partial charge in [-0.2, -0.15) is 0 Å². The molecule has 0 aliphatic heterocycles. The molecule has 0 spiro atoms. The number of carbonyl (C=O) groups excluding carboxylic acids is 1. The highest BCUT2D eigenvalue weighted by atomic mass is 16.5. The molecule has 4 atom stereocenters. The summed E-state index contributed by atoms with van der Waals surface area (Å²) in [4.78, 5) is 23.5. The number of unbranched alkanes of at least 4 members (excludes halogenated alkanes) is 2. The number of carboxylic acid groups (broad SMARTS) is 1. The van der Waals surface area contributed by atoms with E-state index < -0.39 is 5.97 Å². The van der Waals surface area contributed by atoms with Crippen molar-refractivity contribution in [1.29, 1.82) is 0 Å². The molecule has 4 unspecified atom stereocenters. The van der Waals surface area contributed by atoms with Crippen LogP contribution >= 0.6 is 0 Å². The molecule has 140 valence electrons. The Hall–Kier alpha value is -1.06. The van der Waals surface area contributed by atoms with Gasteiger partial charge in [-0.15, -0.1) is 0 Å². The summed E-state index contributed by atoms with van der Waals surface area (Å²) in [6.45, 7) is 6.41. The average Bonchev–Trinajstić information content (AvgIpc) is 2.55. The zero-order valence-electron chi connectivity index (χ0n) is 15.8. The molecule has 1 saturated carbocycles. The Labute approximate surface area is 147 Å². The number of hydrogen-bond acceptors (Lipinski definition) is 3. The van der Waals surface area contributed by atoms with Crippen molar-refractivity contribution >= 4 is 11.9 Å². The van der Waals surface area contributed by atoms with Gasteiger partial charge in [-0.05, 0) is 38.5 Å². The lowest BCUT2D eigenvalue weighted by molar-refractivity contribution is -0.157. The van der Waals surface area contributed by atoms with E-state index in [4.69, 9.17) is 9.84 Å². The number of carboxylic acids is 1. The largest absolute Gasteiger partial charge is 0.481 e. The topological polar surface area (TPSA) is 63.6 Å². The molecular formula is C20H36O4. The molecule has 1 aliphatic rings. The highest BCUT2D eigenvalue weighted by Gasteiger charge is 2.32. The zero-order valence-corrected chi connectivity index (χ0v) is 15.8. The summed E-state index contributed by atoms with van der Waals surface area (Å²) in [7, 11) is 0. The van der Waals surface area contributed by atoms with E-state index in [1.165, 1.54) is 38.5 Å². The van der Waals surface area contributed by atoms with Crippen molar-refractivity contribution in [2.24, 2.45) is 17.8 Å². The SMILES string of the molecule is CCCCCC(CCC)CC(C)OC(=O)C1CCCC(C(=O)O)C1. The van der Waals surface area contributed by atoms with Crippen LogP contribution in [0.5, 0.6) is 0 Å². The third kappa shape index (κ3) is 7.67. The third-order valence-electron chi connectivity index (χ3n) is 5.25. The molecule has 0 bridgehead atoms. The maximum Gasteiger partial charge on any atom is 0.309 e. The van der Waals surface area contributed by atoms with Crippen molar-refractivity contribution in [1.82, 2.24) is 0 Å². The first-order valence-corrected chi connectivity index (χ1v) is 9.91. The predicted octanol–water partition coefficient (Wildman–Crippen LogP) is 5.20. The smallest absolute Gasteiger partial charge is 0.309 e. The van der Waals surface area contributed by atoms with E-state index in [9.17, 15) is 9.59 Å². The Bertz CT molecular complexity index is 380. The summed E-state index contributed by atoms with van der Waals surface area (Å²) in [6, 6.07) is 0. The van der Waals surface area contributed by atoms with Gasteiger partial charge in [0.1, 0.15) is 0 Å². The van der Waals surface area contributed by atoms with E-state index in [0.717, 1.165) is 19.3 Å². The summed E-state index contributed by atoms with van der Waals surface area (Å²) in [5, 5.41) is 9.15. The first-order valence-electron chi connectivity index (χ1n) is 9.91. The monoisotopic (exact) mass is 340 g/mol. The molecule has 1 fully saturated rings. The Balaban J connectivity index is 2.42. The lowest BCUT2D eigenvalue weighted by Gasteiger charge is -2.27. The van der Waals surface area contributed by atoms with Crippen molar-refractivity contribution in [2.75, 3.05) is 0 Å². The predicted molar refractivity (Wildman–Crippen MR) is 95.8 cm³/mol. The number of aliphatic carboxylic acids is 1. The fraction of sp³-hybridized carbons (Fsp3) is 0.900. The molecule has 0 saturated heterocycles. The lowest BCUT2D eigenvalue weighted by Crippen LogP contribution is -2.30. The van der Waals surface area contributed by atoms with E-state index in [2.05, 4.69) is 13.8 Å². The van der Waals surface area contributed by atoms with E-state index in [1.807, 2.05) is 6.92 Å². The van der Waals surface area contributed by atoms with Crippen LogP contribution in [0.4, 0.5) is 0 Å². The fourth-order valence-electron chi connectivity index (χ4n) is 3.91. The van der Waals surface area contributed by atoms with Crippen LogP contribution in [0.1, 0.15) is 91.4 Å². The Morgan fingerprint density at radius 1 is 1.08 bits per heavy atom. The highest BCUT2D eigenvalue weighted by Crippen LogP contribution is 2.31. The number of hydrogen-bond donors (Lipinski definition) is 1. The zero-order chi connectivity index (χ0) is 17.9. The molecule has 0 aromatic heterocycles. The standard InChI is InChI=1S/C20H36O4/c1-4-6-7-10-16(9-5-2)13-15(3)24-20(23)18-12-8-11-17(14-18)19(21)22/h15-18H,4-14H2,1-3H3,(H,21,22). The number of esters is 1. The quantitative estimate of drug-likeness (QED) is 0.415. The molecule has 0 heterocycles. The second-order valence-electron chi connectivity index (χ2n) is 7.53. The minimum absolute atomic E-state index is 0.0686. The van der Waals surface area contributed by atoms with Crippen LogP contribution in [0.25, 0.3) is 0 Å². The molecule has 1 aliphatic carbocycles. The van der Waals surface area contributed by atoms with Crippen LogP contribution in [0.3, 0.4) is 0 Å². The number of ether oxygens (including phenoxy) is 1. The molecule has 1 N–H and O–H groups in total. The molecule has 1 rings (SSSR count). The minimum atomic E-state index is -0.778. The first kappa shape index (κ1) is 21.0. The minimum Gasteiger partial charge on any atom is -0.481 e. The molecule has 0 radical (unpaired) electrons. The van der Waals surface area contributed by atoms with Crippen LogP contribution < -0.4 is 0 Å². The third-order valence-corrected chi connectivity index (χ3v) is 5.25. The molecule has 4 nitrogen and oxygen atoms in total. The van der Waals surface area contributed by atoms with Gasteiger partial charge < -0.3 is 9.84 Å². The molecule has 0 aromatic rings. The van der Waals surface area contributed by atoms with Gasteiger partial charge in [0, 0.05) is 0 Å². The Morgan fingerprint density at radius 2 is 1.79 bits per heavy atom. The molecule has 4 heteroatoms. The van der Waals surface area contributed by atoms with Gasteiger partial charge in [0.15, 0.2) is 0 Å². The highest BCUT2D eigenvalue weighted by molar-refractivity contribution is 5.75. The van der Waals surface area contributed by atoms with Gasteiger partial charge in [-0.1, -0.05) is 58.8 Å². The van der Waals surface area contributed by atoms with Crippen LogP contribution in [-0.4, -0.2) is 23.1 Å². The maximum absolute atomic E-state index is 12.4. The summed E-state index contributed by atoms with van der Waals surface area (Å²) in [5.74, 6) is -0.945. The van der Waals surface area contributed by atoms with Gasteiger partial charge >= 0.3 is 11.9 Å². The average molecular weight is 341 g/mol. The van der Waals surface area contributed by atoms with Gasteiger partial charge in [0.05, 0.1) is 17.9 Å². The summed E-state index contributed by atoms with van der Waals surface area (Å²) >= 11 is 0. The Morgan fingerprint density at radius 3 is 2.42 bits per heavy atom. The van der Waals surface area contributed by atoms with Gasteiger partial charge in [0.25, 0.3) is 0 Å². The normalized spacial score (nSPS) is 23.5. The van der Waals surface area contributed by atoms with E-state index in [0.29, 0.717) is 18.8 Å². The second kappa shape index (κ2) is 11.5. The van der Waals surface area contributed by atoms with Gasteiger partial charge in [-0.25, -0.2) is 0 Å². The van der Waals surface area contributed by atoms with Crippen molar-refractivity contribution in [3.05, 3.63) is 0 Å². The lowest BCUT2D eigenvalue weighted by atomic mass is 9.81. The van der Waals surface area contributed by atoms with Crippen LogP contribution in [0.15, 0.2) is 0 Å². The van der Waals surface area contributed by atoms with Crippen molar-refractivity contribution in [3.8, 4) is 0 Å². The van der Waals surface area contributed by atoms with Crippen molar-refractivity contribution < 1.29 is 19.4 Å². The first-order chi connectivity index (χ1) is 11.5. The van der Waals surface area contributed by atoms with Gasteiger partial charge in [-0.3, -0.25) is 9.59 Å². The fourth-order valence-corrected chi connectivity index (χ4v) is 3.91. The second-order valence-corrected chi connectivity index (χ2v) is 7.53. The van der Waals surface area contributed by atoms with E-state index in [1.54, 1.807) is 0 Å². The number of carbonyl (C=O) groups is 2. The molecule has 24 heavy (non-hydrogen) atoms. The molecular weight excluding hydrogens is 304 g/mol. The van der Waals surface area contributed by atoms with Crippen molar-refractivity contribution in [3.63, 3.8) is 0 Å². The van der Waals surface area contributed by atoms with Crippen LogP contribution in [0.2, 0.25) is 0 Å². The van der Waals surface area contributed by atoms with Gasteiger partial charge in [0.2, 0.25) is 0 Å². The van der Waals surface area contributed by atoms with Crippen molar-refractivity contribution in [2.45, 2.75) is 97.5 Å². The summed E-state index contributed by atoms with van der Waals surface area (Å²) in [5.41, 5.74) is 0. The Kier molecular flexibility index (Phi) is 10.0.